The molecule has 5 nitrogen and oxygen atoms in total. The maximum Gasteiger partial charge on any atom is 0.253 e. The van der Waals surface area contributed by atoms with Crippen LogP contribution in [-0.2, 0) is 9.47 Å². The van der Waals surface area contributed by atoms with Gasteiger partial charge in [-0.1, -0.05) is 0 Å². The first-order chi connectivity index (χ1) is 12.7. The lowest BCUT2D eigenvalue weighted by molar-refractivity contribution is 0.00938. The highest BCUT2D eigenvalue weighted by Crippen LogP contribution is 2.42. The lowest BCUT2D eigenvalue weighted by atomic mass is 9.76. The van der Waals surface area contributed by atoms with Gasteiger partial charge in [-0.2, -0.15) is 0 Å². The van der Waals surface area contributed by atoms with E-state index in [0.29, 0.717) is 0 Å². The Morgan fingerprint density at radius 2 is 1.92 bits per heavy atom. The first-order valence-corrected chi connectivity index (χ1v) is 9.80. The fourth-order valence-electron chi connectivity index (χ4n) is 4.10. The summed E-state index contributed by atoms with van der Waals surface area (Å²) in [5, 5.41) is 0. The third-order valence-electron chi connectivity index (χ3n) is 6.09. The fourth-order valence-corrected chi connectivity index (χ4v) is 4.10. The van der Waals surface area contributed by atoms with Crippen molar-refractivity contribution in [2.75, 3.05) is 40.0 Å². The SMILES string of the molecule is COc1ccc(C(=O)N2CCC3(CC2)CO[C@H](COCC2CC2)C3)cc1. The minimum absolute atomic E-state index is 0.116. The molecule has 2 aliphatic heterocycles. The Hall–Kier alpha value is -1.59. The molecule has 5 heteroatoms. The van der Waals surface area contributed by atoms with Crippen molar-refractivity contribution < 1.29 is 19.0 Å². The number of nitrogens with zero attached hydrogens (tertiary/aromatic N) is 1. The summed E-state index contributed by atoms with van der Waals surface area (Å²) in [6.07, 6.45) is 6.00. The van der Waals surface area contributed by atoms with Gasteiger partial charge in [0.1, 0.15) is 5.75 Å². The molecule has 1 aromatic rings. The van der Waals surface area contributed by atoms with E-state index in [1.165, 1.54) is 12.8 Å². The normalized spacial score (nSPS) is 24.8. The van der Waals surface area contributed by atoms with Gasteiger partial charge in [0, 0.05) is 25.3 Å². The standard InChI is InChI=1S/C21H29NO4/c1-24-18-6-4-17(5-7-18)20(23)22-10-8-21(9-11-22)12-19(26-15-21)14-25-13-16-2-3-16/h4-7,16,19H,2-3,8-15H2,1H3/t19-/m0/s1. The van der Waals surface area contributed by atoms with E-state index in [2.05, 4.69) is 0 Å². The summed E-state index contributed by atoms with van der Waals surface area (Å²) in [6.45, 7) is 4.06. The fraction of sp³-hybridized carbons (Fsp3) is 0.667. The third kappa shape index (κ3) is 4.04. The summed E-state index contributed by atoms with van der Waals surface area (Å²) >= 11 is 0. The molecular weight excluding hydrogens is 330 g/mol. The molecule has 1 spiro atoms. The summed E-state index contributed by atoms with van der Waals surface area (Å²) in [5.74, 6) is 1.69. The Labute approximate surface area is 155 Å². The molecule has 0 unspecified atom stereocenters. The van der Waals surface area contributed by atoms with Crippen LogP contribution in [0.4, 0.5) is 0 Å². The minimum atomic E-state index is 0.116. The average molecular weight is 359 g/mol. The molecule has 1 saturated carbocycles. The smallest absolute Gasteiger partial charge is 0.253 e. The lowest BCUT2D eigenvalue weighted by Gasteiger charge is -2.38. The number of ether oxygens (including phenoxy) is 3. The first-order valence-electron chi connectivity index (χ1n) is 9.80. The molecule has 2 heterocycles. The van der Waals surface area contributed by atoms with Crippen LogP contribution in [0.2, 0.25) is 0 Å². The number of rotatable bonds is 6. The van der Waals surface area contributed by atoms with E-state index in [4.69, 9.17) is 14.2 Å². The van der Waals surface area contributed by atoms with E-state index in [1.807, 2.05) is 29.2 Å². The van der Waals surface area contributed by atoms with Crippen molar-refractivity contribution in [2.45, 2.75) is 38.2 Å². The van der Waals surface area contributed by atoms with Crippen LogP contribution in [0.3, 0.4) is 0 Å². The maximum absolute atomic E-state index is 12.7. The molecule has 1 aromatic carbocycles. The van der Waals surface area contributed by atoms with Gasteiger partial charge < -0.3 is 19.1 Å². The van der Waals surface area contributed by atoms with Crippen LogP contribution in [0.5, 0.6) is 5.75 Å². The maximum atomic E-state index is 12.7. The molecule has 2 saturated heterocycles. The Bertz CT molecular complexity index is 617. The lowest BCUT2D eigenvalue weighted by Crippen LogP contribution is -2.43. The number of carbonyl (C=O) groups excluding carboxylic acids is 1. The van der Waals surface area contributed by atoms with Crippen LogP contribution in [0, 0.1) is 11.3 Å². The van der Waals surface area contributed by atoms with Gasteiger partial charge in [0.15, 0.2) is 0 Å². The third-order valence-corrected chi connectivity index (χ3v) is 6.09. The van der Waals surface area contributed by atoms with E-state index in [-0.39, 0.29) is 17.4 Å². The predicted molar refractivity (Wildman–Crippen MR) is 98.5 cm³/mol. The summed E-state index contributed by atoms with van der Waals surface area (Å²) < 4.78 is 17.0. The van der Waals surface area contributed by atoms with Crippen LogP contribution in [-0.4, -0.2) is 56.9 Å². The summed E-state index contributed by atoms with van der Waals surface area (Å²) in [5.41, 5.74) is 0.973. The number of likely N-dealkylation sites (tertiary alicyclic amines) is 1. The molecule has 0 radical (unpaired) electrons. The number of methoxy groups -OCH3 is 1. The molecule has 0 bridgehead atoms. The van der Waals surface area contributed by atoms with Gasteiger partial charge in [0.25, 0.3) is 5.91 Å². The Morgan fingerprint density at radius 1 is 1.19 bits per heavy atom. The zero-order chi connectivity index (χ0) is 18.0. The van der Waals surface area contributed by atoms with Crippen molar-refractivity contribution in [3.63, 3.8) is 0 Å². The molecule has 1 atom stereocenters. The number of piperidine rings is 1. The van der Waals surface area contributed by atoms with Gasteiger partial charge in [-0.05, 0) is 67.7 Å². The van der Waals surface area contributed by atoms with E-state index < -0.39 is 0 Å². The summed E-state index contributed by atoms with van der Waals surface area (Å²) in [6, 6.07) is 7.38. The molecule has 1 amide bonds. The molecule has 26 heavy (non-hydrogen) atoms. The number of benzene rings is 1. The number of hydrogen-bond donors (Lipinski definition) is 0. The summed E-state index contributed by atoms with van der Waals surface area (Å²) in [4.78, 5) is 14.7. The Kier molecular flexibility index (Phi) is 5.18. The van der Waals surface area contributed by atoms with Gasteiger partial charge in [0.05, 0.1) is 26.4 Å². The van der Waals surface area contributed by atoms with Gasteiger partial charge in [-0.15, -0.1) is 0 Å². The number of amides is 1. The molecule has 0 N–H and O–H groups in total. The van der Waals surface area contributed by atoms with Crippen molar-refractivity contribution in [2.24, 2.45) is 11.3 Å². The van der Waals surface area contributed by atoms with Crippen LogP contribution in [0.15, 0.2) is 24.3 Å². The number of carbonyl (C=O) groups is 1. The van der Waals surface area contributed by atoms with E-state index in [1.54, 1.807) is 7.11 Å². The zero-order valence-electron chi connectivity index (χ0n) is 15.6. The van der Waals surface area contributed by atoms with E-state index >= 15 is 0 Å². The molecule has 3 fully saturated rings. The van der Waals surface area contributed by atoms with E-state index in [9.17, 15) is 4.79 Å². The topological polar surface area (TPSA) is 48.0 Å². The number of hydrogen-bond acceptors (Lipinski definition) is 4. The van der Waals surface area contributed by atoms with Gasteiger partial charge in [0.2, 0.25) is 0 Å². The van der Waals surface area contributed by atoms with Gasteiger partial charge in [-0.3, -0.25) is 4.79 Å². The van der Waals surface area contributed by atoms with Crippen molar-refractivity contribution >= 4 is 5.91 Å². The van der Waals surface area contributed by atoms with Crippen LogP contribution in [0.1, 0.15) is 42.5 Å². The molecule has 0 aromatic heterocycles. The van der Waals surface area contributed by atoms with Crippen LogP contribution in [0.25, 0.3) is 0 Å². The second kappa shape index (κ2) is 7.57. The summed E-state index contributed by atoms with van der Waals surface area (Å²) in [7, 11) is 1.63. The van der Waals surface area contributed by atoms with Gasteiger partial charge in [-0.25, -0.2) is 0 Å². The molecule has 3 aliphatic rings. The predicted octanol–water partition coefficient (Wildman–Crippen LogP) is 3.13. The van der Waals surface area contributed by atoms with Crippen molar-refractivity contribution in [3.05, 3.63) is 29.8 Å². The van der Waals surface area contributed by atoms with Crippen LogP contribution >= 0.6 is 0 Å². The van der Waals surface area contributed by atoms with Crippen LogP contribution < -0.4 is 4.74 Å². The highest BCUT2D eigenvalue weighted by Gasteiger charge is 2.43. The van der Waals surface area contributed by atoms with Crippen molar-refractivity contribution in [1.29, 1.82) is 0 Å². The van der Waals surface area contributed by atoms with Crippen molar-refractivity contribution in [1.82, 2.24) is 4.90 Å². The molecule has 142 valence electrons. The highest BCUT2D eigenvalue weighted by molar-refractivity contribution is 5.94. The molecular formula is C21H29NO4. The first kappa shape index (κ1) is 17.8. The highest BCUT2D eigenvalue weighted by atomic mass is 16.5. The van der Waals surface area contributed by atoms with Gasteiger partial charge >= 0.3 is 0 Å². The Balaban J connectivity index is 1.26. The zero-order valence-corrected chi connectivity index (χ0v) is 15.6. The second-order valence-electron chi connectivity index (χ2n) is 8.14. The quantitative estimate of drug-likeness (QED) is 0.783. The molecule has 4 rings (SSSR count). The minimum Gasteiger partial charge on any atom is -0.497 e. The van der Waals surface area contributed by atoms with E-state index in [0.717, 1.165) is 69.4 Å². The molecule has 1 aliphatic carbocycles. The average Bonchev–Trinajstić information content (AvgIpc) is 3.43. The monoisotopic (exact) mass is 359 g/mol. The largest absolute Gasteiger partial charge is 0.497 e. The van der Waals surface area contributed by atoms with Crippen molar-refractivity contribution in [3.8, 4) is 5.75 Å². The Morgan fingerprint density at radius 3 is 2.58 bits per heavy atom. The second-order valence-corrected chi connectivity index (χ2v) is 8.14.